The zero-order chi connectivity index (χ0) is 15.4. The van der Waals surface area contributed by atoms with Gasteiger partial charge in [0.15, 0.2) is 6.61 Å². The van der Waals surface area contributed by atoms with Crippen LogP contribution >= 0.6 is 22.9 Å². The number of amides is 1. The molecule has 0 aliphatic carbocycles. The Labute approximate surface area is 135 Å². The first kappa shape index (κ1) is 14.8. The summed E-state index contributed by atoms with van der Waals surface area (Å²) < 4.78 is 7.15. The van der Waals surface area contributed by atoms with Gasteiger partial charge in [-0.25, -0.2) is 9.50 Å². The van der Waals surface area contributed by atoms with Crippen LogP contribution in [0.3, 0.4) is 0 Å². The van der Waals surface area contributed by atoms with Gasteiger partial charge < -0.3 is 10.1 Å². The number of hydrogen-bond donors (Lipinski definition) is 1. The van der Waals surface area contributed by atoms with Crippen molar-refractivity contribution in [1.82, 2.24) is 19.9 Å². The van der Waals surface area contributed by atoms with E-state index in [1.807, 2.05) is 5.38 Å². The maximum Gasteiger partial charge on any atom is 0.257 e. The quantitative estimate of drug-likeness (QED) is 0.749. The summed E-state index contributed by atoms with van der Waals surface area (Å²) in [5.74, 6) is 0.446. The summed E-state index contributed by atoms with van der Waals surface area (Å²) in [7, 11) is 0. The van der Waals surface area contributed by atoms with Gasteiger partial charge in [-0.2, -0.15) is 5.10 Å². The van der Waals surface area contributed by atoms with Gasteiger partial charge in [0.1, 0.15) is 12.1 Å². The molecule has 0 atom stereocenters. The molecule has 0 saturated carbocycles. The molecule has 8 heteroatoms. The molecule has 0 aliphatic rings. The summed E-state index contributed by atoms with van der Waals surface area (Å²) in [5.41, 5.74) is 1.02. The second-order valence-corrected chi connectivity index (χ2v) is 5.80. The van der Waals surface area contributed by atoms with Crippen molar-refractivity contribution in [3.63, 3.8) is 0 Å². The molecule has 0 bridgehead atoms. The number of benzene rings is 1. The smallest absolute Gasteiger partial charge is 0.257 e. The van der Waals surface area contributed by atoms with Crippen LogP contribution in [0.5, 0.6) is 5.75 Å². The Kier molecular flexibility index (Phi) is 4.55. The molecular weight excluding hydrogens is 324 g/mol. The lowest BCUT2D eigenvalue weighted by Crippen LogP contribution is -2.30. The maximum atomic E-state index is 11.7. The highest BCUT2D eigenvalue weighted by Crippen LogP contribution is 2.15. The molecule has 3 rings (SSSR count). The van der Waals surface area contributed by atoms with Crippen LogP contribution in [0.15, 0.2) is 36.0 Å². The van der Waals surface area contributed by atoms with Gasteiger partial charge in [0.05, 0.1) is 5.69 Å². The van der Waals surface area contributed by atoms with Gasteiger partial charge >= 0.3 is 0 Å². The fourth-order valence-corrected chi connectivity index (χ4v) is 2.86. The number of halogens is 1. The van der Waals surface area contributed by atoms with Crippen LogP contribution < -0.4 is 10.1 Å². The number of fused-ring (bicyclic) bond motifs is 1. The van der Waals surface area contributed by atoms with Gasteiger partial charge in [-0.1, -0.05) is 11.6 Å². The number of nitrogens with one attached hydrogen (secondary N) is 1. The second kappa shape index (κ2) is 6.76. The van der Waals surface area contributed by atoms with Crippen LogP contribution in [-0.4, -0.2) is 33.7 Å². The molecule has 2 heterocycles. The molecule has 0 saturated heterocycles. The van der Waals surface area contributed by atoms with E-state index in [1.54, 1.807) is 28.8 Å². The summed E-state index contributed by atoms with van der Waals surface area (Å²) in [6.45, 7) is 0.499. The maximum absolute atomic E-state index is 11.7. The second-order valence-electron chi connectivity index (χ2n) is 4.52. The van der Waals surface area contributed by atoms with Crippen LogP contribution in [0.4, 0.5) is 0 Å². The van der Waals surface area contributed by atoms with Crippen molar-refractivity contribution in [1.29, 1.82) is 0 Å². The zero-order valence-electron chi connectivity index (χ0n) is 11.5. The van der Waals surface area contributed by atoms with Crippen molar-refractivity contribution in [3.8, 4) is 5.75 Å². The minimum absolute atomic E-state index is 0.0238. The third-order valence-electron chi connectivity index (χ3n) is 2.98. The molecule has 0 aliphatic heterocycles. The van der Waals surface area contributed by atoms with Gasteiger partial charge in [-0.15, -0.1) is 11.3 Å². The zero-order valence-corrected chi connectivity index (χ0v) is 13.1. The van der Waals surface area contributed by atoms with Gasteiger partial charge in [-0.3, -0.25) is 4.79 Å². The third-order valence-corrected chi connectivity index (χ3v) is 4.11. The number of aromatic nitrogens is 3. The summed E-state index contributed by atoms with van der Waals surface area (Å²) in [6, 6.07) is 6.88. The van der Waals surface area contributed by atoms with Crippen LogP contribution in [0.25, 0.3) is 4.96 Å². The fraction of sp³-hybridized carbons (Fsp3) is 0.214. The van der Waals surface area contributed by atoms with Crippen molar-refractivity contribution in [2.24, 2.45) is 0 Å². The van der Waals surface area contributed by atoms with E-state index in [9.17, 15) is 4.79 Å². The number of ether oxygens (including phenoxy) is 1. The normalized spacial score (nSPS) is 10.8. The van der Waals surface area contributed by atoms with E-state index >= 15 is 0 Å². The van der Waals surface area contributed by atoms with Crippen molar-refractivity contribution in [2.75, 3.05) is 13.2 Å². The van der Waals surface area contributed by atoms with Crippen LogP contribution in [0, 0.1) is 0 Å². The molecule has 1 aromatic carbocycles. The highest BCUT2D eigenvalue weighted by atomic mass is 35.5. The Morgan fingerprint density at radius 2 is 2.18 bits per heavy atom. The standard InChI is InChI=1S/C14H13ClN4O2S/c15-10-1-3-12(4-2-10)21-7-13(20)16-6-5-11-8-22-14-17-9-18-19(11)14/h1-4,8-9H,5-7H2,(H,16,20). The molecule has 0 unspecified atom stereocenters. The highest BCUT2D eigenvalue weighted by molar-refractivity contribution is 7.15. The van der Waals surface area contributed by atoms with Crippen LogP contribution in [0.1, 0.15) is 5.69 Å². The lowest BCUT2D eigenvalue weighted by Gasteiger charge is -2.07. The Hall–Kier alpha value is -2.12. The number of rotatable bonds is 6. The van der Waals surface area contributed by atoms with E-state index in [2.05, 4.69) is 15.4 Å². The predicted molar refractivity (Wildman–Crippen MR) is 84.5 cm³/mol. The average Bonchev–Trinajstić information content (AvgIpc) is 3.11. The minimum Gasteiger partial charge on any atom is -0.484 e. The van der Waals surface area contributed by atoms with E-state index in [4.69, 9.17) is 16.3 Å². The van der Waals surface area contributed by atoms with Crippen molar-refractivity contribution >= 4 is 33.8 Å². The van der Waals surface area contributed by atoms with Crippen molar-refractivity contribution in [3.05, 3.63) is 46.7 Å². The van der Waals surface area contributed by atoms with Crippen LogP contribution in [-0.2, 0) is 11.2 Å². The topological polar surface area (TPSA) is 68.5 Å². The molecule has 0 spiro atoms. The van der Waals surface area contributed by atoms with E-state index < -0.39 is 0 Å². The Bertz CT molecular complexity index is 769. The molecule has 22 heavy (non-hydrogen) atoms. The average molecular weight is 337 g/mol. The predicted octanol–water partition coefficient (Wildman–Crippen LogP) is 2.18. The number of thiazole rings is 1. The van der Waals surface area contributed by atoms with E-state index in [1.165, 1.54) is 17.7 Å². The first-order chi connectivity index (χ1) is 10.7. The monoisotopic (exact) mass is 336 g/mol. The Balaban J connectivity index is 1.42. The fourth-order valence-electron chi connectivity index (χ4n) is 1.90. The summed E-state index contributed by atoms with van der Waals surface area (Å²) in [6.07, 6.45) is 2.21. The summed E-state index contributed by atoms with van der Waals surface area (Å²) >= 11 is 7.31. The molecular formula is C14H13ClN4O2S. The number of nitrogens with zero attached hydrogens (tertiary/aromatic N) is 3. The number of carbonyl (C=O) groups excluding carboxylic acids is 1. The van der Waals surface area contributed by atoms with Gasteiger partial charge in [0.25, 0.3) is 5.91 Å². The van der Waals surface area contributed by atoms with Crippen molar-refractivity contribution in [2.45, 2.75) is 6.42 Å². The molecule has 2 aromatic heterocycles. The lowest BCUT2D eigenvalue weighted by molar-refractivity contribution is -0.123. The lowest BCUT2D eigenvalue weighted by atomic mass is 10.3. The van der Waals surface area contributed by atoms with Crippen LogP contribution in [0.2, 0.25) is 5.02 Å². The minimum atomic E-state index is -0.167. The molecule has 0 radical (unpaired) electrons. The molecule has 6 nitrogen and oxygen atoms in total. The van der Waals surface area contributed by atoms with Gasteiger partial charge in [0.2, 0.25) is 4.96 Å². The third kappa shape index (κ3) is 3.55. The van der Waals surface area contributed by atoms with Crippen molar-refractivity contribution < 1.29 is 9.53 Å². The van der Waals surface area contributed by atoms with E-state index in [0.29, 0.717) is 23.7 Å². The summed E-state index contributed by atoms with van der Waals surface area (Å²) in [5, 5.41) is 9.56. The SMILES string of the molecule is O=C(COc1ccc(Cl)cc1)NCCc1csc2ncnn12. The number of hydrogen-bond acceptors (Lipinski definition) is 5. The number of carbonyl (C=O) groups is 1. The molecule has 0 fully saturated rings. The first-order valence-corrected chi connectivity index (χ1v) is 7.89. The summed E-state index contributed by atoms with van der Waals surface area (Å²) in [4.78, 5) is 16.7. The molecule has 1 amide bonds. The first-order valence-electron chi connectivity index (χ1n) is 6.63. The van der Waals surface area contributed by atoms with Gasteiger partial charge in [-0.05, 0) is 24.3 Å². The molecule has 3 aromatic rings. The van der Waals surface area contributed by atoms with Gasteiger partial charge in [0, 0.05) is 23.4 Å². The molecule has 114 valence electrons. The van der Waals surface area contributed by atoms with E-state index in [-0.39, 0.29) is 12.5 Å². The Morgan fingerprint density at radius 3 is 3.00 bits per heavy atom. The molecule has 1 N–H and O–H groups in total. The largest absolute Gasteiger partial charge is 0.484 e. The van der Waals surface area contributed by atoms with E-state index in [0.717, 1.165) is 10.7 Å². The highest BCUT2D eigenvalue weighted by Gasteiger charge is 2.07. The Morgan fingerprint density at radius 1 is 1.36 bits per heavy atom.